The second-order valence-corrected chi connectivity index (χ2v) is 5.57. The molecule has 0 aromatic heterocycles. The Labute approximate surface area is 150 Å². The number of nitrogens with zero attached hydrogens (tertiary/aromatic N) is 1. The SMILES string of the molecule is COC(CN)CC(=O)N(C)Cc1ccccc1-c1ccccc1.Cl. The molecule has 0 aliphatic heterocycles. The molecule has 1 atom stereocenters. The third-order valence-corrected chi connectivity index (χ3v) is 3.93. The van der Waals surface area contributed by atoms with Gasteiger partial charge in [0.25, 0.3) is 0 Å². The summed E-state index contributed by atoms with van der Waals surface area (Å²) < 4.78 is 5.19. The fourth-order valence-corrected chi connectivity index (χ4v) is 2.51. The van der Waals surface area contributed by atoms with E-state index < -0.39 is 0 Å². The summed E-state index contributed by atoms with van der Waals surface area (Å²) in [5, 5.41) is 0. The van der Waals surface area contributed by atoms with Gasteiger partial charge in [-0.15, -0.1) is 12.4 Å². The summed E-state index contributed by atoms with van der Waals surface area (Å²) in [6.45, 7) is 0.904. The zero-order valence-electron chi connectivity index (χ0n) is 14.1. The molecule has 2 aromatic rings. The van der Waals surface area contributed by atoms with E-state index in [1.807, 2.05) is 37.4 Å². The number of ether oxygens (including phenoxy) is 1. The first-order valence-corrected chi connectivity index (χ1v) is 7.76. The van der Waals surface area contributed by atoms with Crippen LogP contribution in [-0.2, 0) is 16.1 Å². The van der Waals surface area contributed by atoms with Crippen LogP contribution in [0.4, 0.5) is 0 Å². The van der Waals surface area contributed by atoms with Crippen LogP contribution in [0.5, 0.6) is 0 Å². The van der Waals surface area contributed by atoms with Crippen LogP contribution in [0, 0.1) is 0 Å². The standard InChI is InChI=1S/C19H24N2O2.ClH/c1-21(19(22)12-17(13-20)23-2)14-16-10-6-7-11-18(16)15-8-4-3-5-9-15;/h3-11,17H,12-14,20H2,1-2H3;1H. The fourth-order valence-electron chi connectivity index (χ4n) is 2.51. The van der Waals surface area contributed by atoms with Gasteiger partial charge < -0.3 is 15.4 Å². The first kappa shape index (κ1) is 20.2. The van der Waals surface area contributed by atoms with Crippen molar-refractivity contribution in [3.05, 3.63) is 60.2 Å². The lowest BCUT2D eigenvalue weighted by Crippen LogP contribution is -2.33. The Morgan fingerprint density at radius 3 is 2.38 bits per heavy atom. The Balaban J connectivity index is 0.00000288. The molecule has 0 spiro atoms. The summed E-state index contributed by atoms with van der Waals surface area (Å²) >= 11 is 0. The van der Waals surface area contributed by atoms with Gasteiger partial charge in [-0.05, 0) is 16.7 Å². The third-order valence-electron chi connectivity index (χ3n) is 3.93. The van der Waals surface area contributed by atoms with Crippen LogP contribution in [0.3, 0.4) is 0 Å². The molecular weight excluding hydrogens is 324 g/mol. The summed E-state index contributed by atoms with van der Waals surface area (Å²) in [6, 6.07) is 18.4. The van der Waals surface area contributed by atoms with Crippen LogP contribution in [0.2, 0.25) is 0 Å². The van der Waals surface area contributed by atoms with Gasteiger partial charge >= 0.3 is 0 Å². The molecular formula is C19H25ClN2O2. The summed E-state index contributed by atoms with van der Waals surface area (Å²) in [5.74, 6) is 0.0326. The number of nitrogens with two attached hydrogens (primary N) is 1. The van der Waals surface area contributed by atoms with E-state index in [1.54, 1.807) is 12.0 Å². The van der Waals surface area contributed by atoms with E-state index in [-0.39, 0.29) is 24.4 Å². The normalized spacial score (nSPS) is 11.5. The van der Waals surface area contributed by atoms with Crippen LogP contribution in [0.15, 0.2) is 54.6 Å². The number of hydrogen-bond donors (Lipinski definition) is 1. The lowest BCUT2D eigenvalue weighted by atomic mass is 9.99. The van der Waals surface area contributed by atoms with Crippen molar-refractivity contribution in [2.24, 2.45) is 5.73 Å². The molecule has 0 aliphatic carbocycles. The van der Waals surface area contributed by atoms with Gasteiger partial charge in [-0.1, -0.05) is 54.6 Å². The molecule has 130 valence electrons. The average Bonchev–Trinajstić information content (AvgIpc) is 2.60. The van der Waals surface area contributed by atoms with Gasteiger partial charge in [-0.2, -0.15) is 0 Å². The van der Waals surface area contributed by atoms with Crippen LogP contribution in [0.1, 0.15) is 12.0 Å². The van der Waals surface area contributed by atoms with E-state index in [9.17, 15) is 4.79 Å². The second kappa shape index (κ2) is 10.1. The highest BCUT2D eigenvalue weighted by Crippen LogP contribution is 2.24. The van der Waals surface area contributed by atoms with Gasteiger partial charge in [0.1, 0.15) is 0 Å². The largest absolute Gasteiger partial charge is 0.380 e. The predicted molar refractivity (Wildman–Crippen MR) is 100 cm³/mol. The maximum atomic E-state index is 12.3. The highest BCUT2D eigenvalue weighted by Gasteiger charge is 2.16. The molecule has 0 heterocycles. The van der Waals surface area contributed by atoms with Crippen LogP contribution in [0.25, 0.3) is 11.1 Å². The Bertz CT molecular complexity index is 630. The second-order valence-electron chi connectivity index (χ2n) is 5.57. The molecule has 1 unspecified atom stereocenters. The van der Waals surface area contributed by atoms with Crippen LogP contribution >= 0.6 is 12.4 Å². The molecule has 24 heavy (non-hydrogen) atoms. The van der Waals surface area contributed by atoms with E-state index in [4.69, 9.17) is 10.5 Å². The van der Waals surface area contributed by atoms with E-state index in [1.165, 1.54) is 0 Å². The number of methoxy groups -OCH3 is 1. The maximum absolute atomic E-state index is 12.3. The zero-order valence-corrected chi connectivity index (χ0v) is 15.0. The highest BCUT2D eigenvalue weighted by atomic mass is 35.5. The zero-order chi connectivity index (χ0) is 16.7. The molecule has 1 amide bonds. The molecule has 0 saturated heterocycles. The summed E-state index contributed by atoms with van der Waals surface area (Å²) in [7, 11) is 3.39. The highest BCUT2D eigenvalue weighted by molar-refractivity contribution is 5.85. The minimum Gasteiger partial charge on any atom is -0.380 e. The fraction of sp³-hybridized carbons (Fsp3) is 0.316. The molecule has 2 rings (SSSR count). The van der Waals surface area contributed by atoms with Crippen molar-refractivity contribution in [2.75, 3.05) is 20.7 Å². The van der Waals surface area contributed by atoms with Crippen molar-refractivity contribution in [2.45, 2.75) is 19.1 Å². The van der Waals surface area contributed by atoms with Gasteiger partial charge in [0.05, 0.1) is 12.5 Å². The topological polar surface area (TPSA) is 55.6 Å². The third kappa shape index (κ3) is 5.34. The van der Waals surface area contributed by atoms with Crippen molar-refractivity contribution >= 4 is 18.3 Å². The summed E-state index contributed by atoms with van der Waals surface area (Å²) in [6.07, 6.45) is 0.0751. The molecule has 0 saturated carbocycles. The Morgan fingerprint density at radius 1 is 1.12 bits per heavy atom. The van der Waals surface area contributed by atoms with Crippen molar-refractivity contribution in [1.82, 2.24) is 4.90 Å². The van der Waals surface area contributed by atoms with Gasteiger partial charge in [-0.3, -0.25) is 4.79 Å². The minimum atomic E-state index is -0.227. The monoisotopic (exact) mass is 348 g/mol. The number of benzene rings is 2. The maximum Gasteiger partial charge on any atom is 0.225 e. The first-order chi connectivity index (χ1) is 11.2. The van der Waals surface area contributed by atoms with Crippen molar-refractivity contribution in [1.29, 1.82) is 0 Å². The number of rotatable bonds is 7. The number of halogens is 1. The number of hydrogen-bond acceptors (Lipinski definition) is 3. The minimum absolute atomic E-state index is 0. The van der Waals surface area contributed by atoms with E-state index in [2.05, 4.69) is 24.3 Å². The van der Waals surface area contributed by atoms with E-state index in [0.29, 0.717) is 19.5 Å². The van der Waals surface area contributed by atoms with E-state index in [0.717, 1.165) is 16.7 Å². The molecule has 2 aromatic carbocycles. The van der Waals surface area contributed by atoms with Crippen LogP contribution < -0.4 is 5.73 Å². The van der Waals surface area contributed by atoms with Crippen molar-refractivity contribution in [3.8, 4) is 11.1 Å². The van der Waals surface area contributed by atoms with Crippen molar-refractivity contribution < 1.29 is 9.53 Å². The lowest BCUT2D eigenvalue weighted by Gasteiger charge is -2.21. The molecule has 2 N–H and O–H groups in total. The van der Waals surface area contributed by atoms with Crippen LogP contribution in [-0.4, -0.2) is 37.6 Å². The summed E-state index contributed by atoms with van der Waals surface area (Å²) in [5.41, 5.74) is 9.01. The number of carbonyl (C=O) groups is 1. The number of amides is 1. The Kier molecular flexibility index (Phi) is 8.47. The molecule has 0 aliphatic rings. The molecule has 0 fully saturated rings. The Hall–Kier alpha value is -1.88. The molecule has 4 nitrogen and oxygen atoms in total. The van der Waals surface area contributed by atoms with Gasteiger partial charge in [0.2, 0.25) is 5.91 Å². The van der Waals surface area contributed by atoms with Gasteiger partial charge in [-0.25, -0.2) is 0 Å². The predicted octanol–water partition coefficient (Wildman–Crippen LogP) is 3.10. The van der Waals surface area contributed by atoms with Crippen molar-refractivity contribution in [3.63, 3.8) is 0 Å². The lowest BCUT2D eigenvalue weighted by molar-refractivity contribution is -0.132. The molecule has 0 radical (unpaired) electrons. The quantitative estimate of drug-likeness (QED) is 0.836. The molecule has 0 bridgehead atoms. The Morgan fingerprint density at radius 2 is 1.75 bits per heavy atom. The van der Waals surface area contributed by atoms with Gasteiger partial charge in [0, 0.05) is 27.2 Å². The molecule has 5 heteroatoms. The van der Waals surface area contributed by atoms with Gasteiger partial charge in [0.15, 0.2) is 0 Å². The first-order valence-electron chi connectivity index (χ1n) is 7.76. The smallest absolute Gasteiger partial charge is 0.225 e. The van der Waals surface area contributed by atoms with E-state index >= 15 is 0 Å². The number of carbonyl (C=O) groups excluding carboxylic acids is 1. The summed E-state index contributed by atoms with van der Waals surface area (Å²) in [4.78, 5) is 14.0. The average molecular weight is 349 g/mol.